The number of rotatable bonds is 5. The Kier molecular flexibility index (Phi) is 4.22. The Morgan fingerprint density at radius 2 is 2.00 bits per heavy atom. The van der Waals surface area contributed by atoms with Gasteiger partial charge in [0.05, 0.1) is 6.10 Å². The third-order valence-electron chi connectivity index (χ3n) is 4.34. The minimum Gasteiger partial charge on any atom is -0.378 e. The lowest BCUT2D eigenvalue weighted by atomic mass is 9.68. The summed E-state index contributed by atoms with van der Waals surface area (Å²) < 4.78 is 5.68. The van der Waals surface area contributed by atoms with Gasteiger partial charge in [0, 0.05) is 26.2 Å². The summed E-state index contributed by atoms with van der Waals surface area (Å²) in [6.07, 6.45) is 6.98. The molecule has 2 aliphatic rings. The monoisotopic (exact) mass is 226 g/mol. The van der Waals surface area contributed by atoms with Gasteiger partial charge in [0.1, 0.15) is 0 Å². The van der Waals surface area contributed by atoms with Gasteiger partial charge >= 0.3 is 0 Å². The molecule has 3 heteroatoms. The van der Waals surface area contributed by atoms with Crippen LogP contribution in [0.4, 0.5) is 0 Å². The molecule has 94 valence electrons. The van der Waals surface area contributed by atoms with E-state index >= 15 is 0 Å². The average molecular weight is 226 g/mol. The quantitative estimate of drug-likeness (QED) is 0.774. The van der Waals surface area contributed by atoms with Gasteiger partial charge in [-0.1, -0.05) is 6.42 Å². The topological polar surface area (TPSA) is 38.5 Å². The van der Waals surface area contributed by atoms with Crippen LogP contribution in [-0.4, -0.2) is 43.8 Å². The van der Waals surface area contributed by atoms with Crippen LogP contribution in [0.1, 0.15) is 39.0 Å². The molecule has 1 saturated carbocycles. The van der Waals surface area contributed by atoms with Gasteiger partial charge in [0.2, 0.25) is 0 Å². The molecule has 2 rings (SSSR count). The molecule has 2 fully saturated rings. The van der Waals surface area contributed by atoms with E-state index in [1.807, 2.05) is 0 Å². The number of piperidine rings is 1. The van der Waals surface area contributed by atoms with Gasteiger partial charge in [-0.2, -0.15) is 0 Å². The number of hydrogen-bond acceptors (Lipinski definition) is 3. The fourth-order valence-electron chi connectivity index (χ4n) is 3.05. The zero-order chi connectivity index (χ0) is 11.4. The summed E-state index contributed by atoms with van der Waals surface area (Å²) in [5.74, 6) is 0. The zero-order valence-electron chi connectivity index (χ0n) is 10.6. The molecule has 0 unspecified atom stereocenters. The lowest BCUT2D eigenvalue weighted by Gasteiger charge is -2.46. The molecule has 3 nitrogen and oxygen atoms in total. The fraction of sp³-hybridized carbons (Fsp3) is 1.00. The van der Waals surface area contributed by atoms with Crippen molar-refractivity contribution in [2.45, 2.75) is 45.1 Å². The van der Waals surface area contributed by atoms with Crippen LogP contribution in [0.15, 0.2) is 0 Å². The minimum absolute atomic E-state index is 0.471. The summed E-state index contributed by atoms with van der Waals surface area (Å²) in [7, 11) is 0. The van der Waals surface area contributed by atoms with Crippen LogP contribution in [0, 0.1) is 5.41 Å². The molecule has 0 aromatic rings. The van der Waals surface area contributed by atoms with Gasteiger partial charge < -0.3 is 15.4 Å². The lowest BCUT2D eigenvalue weighted by Crippen LogP contribution is -2.49. The number of hydrogen-bond donors (Lipinski definition) is 1. The van der Waals surface area contributed by atoms with Gasteiger partial charge in [-0.15, -0.1) is 0 Å². The first-order valence-electron chi connectivity index (χ1n) is 6.82. The predicted octanol–water partition coefficient (Wildman–Crippen LogP) is 1.62. The van der Waals surface area contributed by atoms with Crippen molar-refractivity contribution in [1.29, 1.82) is 0 Å². The fourth-order valence-corrected chi connectivity index (χ4v) is 3.05. The van der Waals surface area contributed by atoms with E-state index in [1.165, 1.54) is 51.7 Å². The maximum Gasteiger partial charge on any atom is 0.0599 e. The van der Waals surface area contributed by atoms with Crippen molar-refractivity contribution in [3.8, 4) is 0 Å². The summed E-state index contributed by atoms with van der Waals surface area (Å²) in [5.41, 5.74) is 6.38. The summed E-state index contributed by atoms with van der Waals surface area (Å²) in [6.45, 7) is 7.45. The van der Waals surface area contributed by atoms with Crippen molar-refractivity contribution in [1.82, 2.24) is 4.90 Å². The molecule has 0 bridgehead atoms. The molecule has 1 saturated heterocycles. The molecule has 0 radical (unpaired) electrons. The second kappa shape index (κ2) is 5.48. The standard InChI is InChI=1S/C13H26N2O/c1-2-16-12-4-8-15(9-5-12)11-13(10-14)6-3-7-13/h12H,2-11,14H2,1H3. The first-order valence-corrected chi connectivity index (χ1v) is 6.82. The summed E-state index contributed by atoms with van der Waals surface area (Å²) in [4.78, 5) is 2.60. The highest BCUT2D eigenvalue weighted by Crippen LogP contribution is 2.40. The van der Waals surface area contributed by atoms with Crippen LogP contribution in [0.3, 0.4) is 0 Å². The summed E-state index contributed by atoms with van der Waals surface area (Å²) >= 11 is 0. The highest BCUT2D eigenvalue weighted by Gasteiger charge is 2.37. The minimum atomic E-state index is 0.471. The molecule has 0 amide bonds. The maximum absolute atomic E-state index is 5.91. The number of ether oxygens (including phenoxy) is 1. The average Bonchev–Trinajstić information content (AvgIpc) is 2.26. The van der Waals surface area contributed by atoms with Crippen molar-refractivity contribution in [3.05, 3.63) is 0 Å². The number of likely N-dealkylation sites (tertiary alicyclic amines) is 1. The Labute approximate surface area is 99.3 Å². The molecule has 0 aromatic carbocycles. The van der Waals surface area contributed by atoms with E-state index in [2.05, 4.69) is 11.8 Å². The molecular formula is C13H26N2O. The second-order valence-corrected chi connectivity index (χ2v) is 5.49. The Morgan fingerprint density at radius 3 is 2.44 bits per heavy atom. The van der Waals surface area contributed by atoms with Crippen LogP contribution < -0.4 is 5.73 Å². The van der Waals surface area contributed by atoms with Crippen molar-refractivity contribution in [2.75, 3.05) is 32.8 Å². The second-order valence-electron chi connectivity index (χ2n) is 5.49. The van der Waals surface area contributed by atoms with E-state index in [4.69, 9.17) is 10.5 Å². The summed E-state index contributed by atoms with van der Waals surface area (Å²) in [6, 6.07) is 0. The molecule has 1 aliphatic heterocycles. The molecule has 1 aliphatic carbocycles. The van der Waals surface area contributed by atoms with Gasteiger partial charge in [-0.05, 0) is 44.6 Å². The van der Waals surface area contributed by atoms with E-state index in [0.29, 0.717) is 11.5 Å². The first kappa shape index (κ1) is 12.3. The van der Waals surface area contributed by atoms with Crippen LogP contribution in [0.25, 0.3) is 0 Å². The smallest absolute Gasteiger partial charge is 0.0599 e. The van der Waals surface area contributed by atoms with E-state index in [0.717, 1.165) is 13.2 Å². The highest BCUT2D eigenvalue weighted by atomic mass is 16.5. The molecular weight excluding hydrogens is 200 g/mol. The van der Waals surface area contributed by atoms with Crippen molar-refractivity contribution in [2.24, 2.45) is 11.1 Å². The van der Waals surface area contributed by atoms with Crippen molar-refractivity contribution >= 4 is 0 Å². The van der Waals surface area contributed by atoms with Crippen molar-refractivity contribution in [3.63, 3.8) is 0 Å². The van der Waals surface area contributed by atoms with Crippen LogP contribution in [0.5, 0.6) is 0 Å². The normalized spacial score (nSPS) is 26.6. The van der Waals surface area contributed by atoms with Gasteiger partial charge in [-0.3, -0.25) is 0 Å². The van der Waals surface area contributed by atoms with E-state index in [-0.39, 0.29) is 0 Å². The third kappa shape index (κ3) is 2.76. The molecule has 2 N–H and O–H groups in total. The number of nitrogens with zero attached hydrogens (tertiary/aromatic N) is 1. The Balaban J connectivity index is 1.72. The van der Waals surface area contributed by atoms with Gasteiger partial charge in [0.15, 0.2) is 0 Å². The Hall–Kier alpha value is -0.120. The largest absolute Gasteiger partial charge is 0.378 e. The molecule has 16 heavy (non-hydrogen) atoms. The molecule has 0 spiro atoms. The Morgan fingerprint density at radius 1 is 1.31 bits per heavy atom. The van der Waals surface area contributed by atoms with E-state index in [9.17, 15) is 0 Å². The third-order valence-corrected chi connectivity index (χ3v) is 4.34. The van der Waals surface area contributed by atoms with Crippen molar-refractivity contribution < 1.29 is 4.74 Å². The van der Waals surface area contributed by atoms with Gasteiger partial charge in [0.25, 0.3) is 0 Å². The van der Waals surface area contributed by atoms with Gasteiger partial charge in [-0.25, -0.2) is 0 Å². The first-order chi connectivity index (χ1) is 7.78. The van der Waals surface area contributed by atoms with E-state index in [1.54, 1.807) is 0 Å². The summed E-state index contributed by atoms with van der Waals surface area (Å²) in [5, 5.41) is 0. The Bertz CT molecular complexity index is 202. The van der Waals surface area contributed by atoms with Crippen LogP contribution in [-0.2, 0) is 4.74 Å². The van der Waals surface area contributed by atoms with E-state index < -0.39 is 0 Å². The van der Waals surface area contributed by atoms with Crippen LogP contribution in [0.2, 0.25) is 0 Å². The SMILES string of the molecule is CCOC1CCN(CC2(CN)CCC2)CC1. The lowest BCUT2D eigenvalue weighted by molar-refractivity contribution is -0.00625. The molecule has 1 heterocycles. The zero-order valence-corrected chi connectivity index (χ0v) is 10.6. The maximum atomic E-state index is 5.91. The van der Waals surface area contributed by atoms with Crippen LogP contribution >= 0.6 is 0 Å². The molecule has 0 atom stereocenters. The molecule has 0 aromatic heterocycles. The highest BCUT2D eigenvalue weighted by molar-refractivity contribution is 4.92. The predicted molar refractivity (Wildman–Crippen MR) is 66.4 cm³/mol. The number of nitrogens with two attached hydrogens (primary N) is 1.